The zero-order valence-corrected chi connectivity index (χ0v) is 12.4. The summed E-state index contributed by atoms with van der Waals surface area (Å²) in [6.45, 7) is 0.813. The summed E-state index contributed by atoms with van der Waals surface area (Å²) in [5.41, 5.74) is 6.24. The molecule has 0 aromatic heterocycles. The Bertz CT molecular complexity index is 465. The molecule has 0 saturated heterocycles. The Kier molecular flexibility index (Phi) is 7.56. The molecule has 116 valence electrons. The van der Waals surface area contributed by atoms with E-state index in [0.717, 1.165) is 12.0 Å². The van der Waals surface area contributed by atoms with Crippen LogP contribution in [-0.4, -0.2) is 29.7 Å². The largest absolute Gasteiger partial charge is 0.480 e. The SMILES string of the molecule is NCCCC[C@H](NC(=O)NCc1ccc(Cl)cc1)C(=O)O. The first-order chi connectivity index (χ1) is 10.0. The normalized spacial score (nSPS) is 11.7. The predicted octanol–water partition coefficient (Wildman–Crippen LogP) is 1.72. The van der Waals surface area contributed by atoms with E-state index in [0.29, 0.717) is 31.0 Å². The number of unbranched alkanes of at least 4 members (excludes halogenated alkanes) is 1. The van der Waals surface area contributed by atoms with E-state index in [1.54, 1.807) is 24.3 Å². The lowest BCUT2D eigenvalue weighted by atomic mass is 10.1. The summed E-state index contributed by atoms with van der Waals surface area (Å²) in [4.78, 5) is 22.7. The molecule has 1 aromatic rings. The Morgan fingerprint density at radius 2 is 1.90 bits per heavy atom. The van der Waals surface area contributed by atoms with Crippen LogP contribution in [0.3, 0.4) is 0 Å². The van der Waals surface area contributed by atoms with Crippen molar-refractivity contribution in [2.45, 2.75) is 31.8 Å². The van der Waals surface area contributed by atoms with Crippen LogP contribution in [0, 0.1) is 0 Å². The van der Waals surface area contributed by atoms with Gasteiger partial charge in [0.1, 0.15) is 6.04 Å². The number of carboxylic acids is 1. The first kappa shape index (κ1) is 17.3. The van der Waals surface area contributed by atoms with Crippen LogP contribution in [-0.2, 0) is 11.3 Å². The summed E-state index contributed by atoms with van der Waals surface area (Å²) in [5, 5.41) is 14.7. The van der Waals surface area contributed by atoms with Crippen molar-refractivity contribution < 1.29 is 14.7 Å². The minimum Gasteiger partial charge on any atom is -0.480 e. The molecule has 0 fully saturated rings. The molecule has 0 heterocycles. The fraction of sp³-hybridized carbons (Fsp3) is 0.429. The summed E-state index contributed by atoms with van der Waals surface area (Å²) in [6.07, 6.45) is 1.75. The number of halogens is 1. The van der Waals surface area contributed by atoms with Crippen LogP contribution in [0.15, 0.2) is 24.3 Å². The molecule has 0 aliphatic carbocycles. The maximum Gasteiger partial charge on any atom is 0.326 e. The lowest BCUT2D eigenvalue weighted by molar-refractivity contribution is -0.139. The van der Waals surface area contributed by atoms with Crippen molar-refractivity contribution in [3.63, 3.8) is 0 Å². The van der Waals surface area contributed by atoms with Crippen LogP contribution in [0.25, 0.3) is 0 Å². The third kappa shape index (κ3) is 6.97. The van der Waals surface area contributed by atoms with Gasteiger partial charge in [-0.25, -0.2) is 9.59 Å². The van der Waals surface area contributed by atoms with Crippen molar-refractivity contribution >= 4 is 23.6 Å². The highest BCUT2D eigenvalue weighted by Crippen LogP contribution is 2.09. The van der Waals surface area contributed by atoms with Crippen molar-refractivity contribution in [3.05, 3.63) is 34.9 Å². The average Bonchev–Trinajstić information content (AvgIpc) is 2.45. The predicted molar refractivity (Wildman–Crippen MR) is 81.2 cm³/mol. The van der Waals surface area contributed by atoms with Crippen molar-refractivity contribution in [2.75, 3.05) is 6.54 Å². The third-order valence-electron chi connectivity index (χ3n) is 2.92. The van der Waals surface area contributed by atoms with Crippen molar-refractivity contribution in [1.82, 2.24) is 10.6 Å². The number of carbonyl (C=O) groups excluding carboxylic acids is 1. The van der Waals surface area contributed by atoms with Gasteiger partial charge >= 0.3 is 12.0 Å². The summed E-state index contributed by atoms with van der Waals surface area (Å²) < 4.78 is 0. The van der Waals surface area contributed by atoms with E-state index in [9.17, 15) is 9.59 Å². The van der Waals surface area contributed by atoms with Gasteiger partial charge in [-0.05, 0) is 43.5 Å². The van der Waals surface area contributed by atoms with Gasteiger partial charge in [0.05, 0.1) is 0 Å². The Hall–Kier alpha value is -1.79. The molecule has 5 N–H and O–H groups in total. The number of carboxylic acid groups (broad SMARTS) is 1. The summed E-state index contributed by atoms with van der Waals surface area (Å²) >= 11 is 5.76. The summed E-state index contributed by atoms with van der Waals surface area (Å²) in [5.74, 6) is -1.05. The summed E-state index contributed by atoms with van der Waals surface area (Å²) in [6, 6.07) is 5.62. The van der Waals surface area contributed by atoms with Crippen LogP contribution >= 0.6 is 11.6 Å². The number of urea groups is 1. The van der Waals surface area contributed by atoms with Gasteiger partial charge in [-0.3, -0.25) is 0 Å². The maximum absolute atomic E-state index is 11.7. The monoisotopic (exact) mass is 313 g/mol. The van der Waals surface area contributed by atoms with E-state index in [4.69, 9.17) is 22.4 Å². The minimum atomic E-state index is -1.05. The molecule has 1 aromatic carbocycles. The number of hydrogen-bond acceptors (Lipinski definition) is 3. The minimum absolute atomic E-state index is 0.304. The molecule has 1 atom stereocenters. The molecule has 0 aliphatic heterocycles. The molecule has 6 nitrogen and oxygen atoms in total. The number of nitrogens with two attached hydrogens (primary N) is 1. The quantitative estimate of drug-likeness (QED) is 0.548. The molecule has 0 bridgehead atoms. The maximum atomic E-state index is 11.7. The van der Waals surface area contributed by atoms with Crippen LogP contribution in [0.5, 0.6) is 0 Å². The third-order valence-corrected chi connectivity index (χ3v) is 3.17. The Balaban J connectivity index is 2.39. The van der Waals surface area contributed by atoms with Gasteiger partial charge in [0.25, 0.3) is 0 Å². The number of aliphatic carboxylic acids is 1. The van der Waals surface area contributed by atoms with E-state index < -0.39 is 18.0 Å². The van der Waals surface area contributed by atoms with Crippen LogP contribution in [0.4, 0.5) is 4.79 Å². The highest BCUT2D eigenvalue weighted by atomic mass is 35.5. The first-order valence-electron chi connectivity index (χ1n) is 6.74. The highest BCUT2D eigenvalue weighted by Gasteiger charge is 2.18. The van der Waals surface area contributed by atoms with Gasteiger partial charge in [-0.2, -0.15) is 0 Å². The number of hydrogen-bond donors (Lipinski definition) is 4. The zero-order valence-electron chi connectivity index (χ0n) is 11.6. The van der Waals surface area contributed by atoms with Gasteiger partial charge in [0, 0.05) is 11.6 Å². The molecule has 21 heavy (non-hydrogen) atoms. The van der Waals surface area contributed by atoms with Gasteiger partial charge in [-0.1, -0.05) is 23.7 Å². The van der Waals surface area contributed by atoms with E-state index >= 15 is 0 Å². The zero-order chi connectivity index (χ0) is 15.7. The van der Waals surface area contributed by atoms with Crippen molar-refractivity contribution in [2.24, 2.45) is 5.73 Å². The van der Waals surface area contributed by atoms with Crippen LogP contribution in [0.2, 0.25) is 5.02 Å². The molecule has 0 spiro atoms. The van der Waals surface area contributed by atoms with E-state index in [-0.39, 0.29) is 0 Å². The molecule has 2 amide bonds. The second-order valence-corrected chi connectivity index (χ2v) is 5.07. The Morgan fingerprint density at radius 3 is 2.48 bits per heavy atom. The fourth-order valence-electron chi connectivity index (χ4n) is 1.74. The lowest BCUT2D eigenvalue weighted by Crippen LogP contribution is -2.45. The molecular formula is C14H20ClN3O3. The number of rotatable bonds is 8. The van der Waals surface area contributed by atoms with Crippen LogP contribution in [0.1, 0.15) is 24.8 Å². The Labute approximate surface area is 128 Å². The second-order valence-electron chi connectivity index (χ2n) is 4.63. The van der Waals surface area contributed by atoms with Crippen molar-refractivity contribution in [3.8, 4) is 0 Å². The van der Waals surface area contributed by atoms with Gasteiger partial charge in [0.15, 0.2) is 0 Å². The molecule has 1 rings (SSSR count). The van der Waals surface area contributed by atoms with E-state index in [2.05, 4.69) is 10.6 Å². The number of carbonyl (C=O) groups is 2. The standard InChI is InChI=1S/C14H20ClN3O3/c15-11-6-4-10(5-7-11)9-17-14(21)18-12(13(19)20)3-1-2-8-16/h4-7,12H,1-3,8-9,16H2,(H,19,20)(H2,17,18,21)/t12-/m0/s1. The molecule has 0 radical (unpaired) electrons. The lowest BCUT2D eigenvalue weighted by Gasteiger charge is -2.15. The topological polar surface area (TPSA) is 104 Å². The molecule has 0 aliphatic rings. The van der Waals surface area contributed by atoms with Gasteiger partial charge in [-0.15, -0.1) is 0 Å². The molecule has 0 saturated carbocycles. The molecule has 7 heteroatoms. The molecular weight excluding hydrogens is 294 g/mol. The van der Waals surface area contributed by atoms with Crippen LogP contribution < -0.4 is 16.4 Å². The summed E-state index contributed by atoms with van der Waals surface area (Å²) in [7, 11) is 0. The van der Waals surface area contributed by atoms with Crippen molar-refractivity contribution in [1.29, 1.82) is 0 Å². The highest BCUT2D eigenvalue weighted by molar-refractivity contribution is 6.30. The first-order valence-corrected chi connectivity index (χ1v) is 7.12. The number of nitrogens with one attached hydrogen (secondary N) is 2. The van der Waals surface area contributed by atoms with Gasteiger partial charge < -0.3 is 21.5 Å². The number of amides is 2. The average molecular weight is 314 g/mol. The fourth-order valence-corrected chi connectivity index (χ4v) is 1.87. The van der Waals surface area contributed by atoms with Gasteiger partial charge in [0.2, 0.25) is 0 Å². The van der Waals surface area contributed by atoms with E-state index in [1.165, 1.54) is 0 Å². The second kappa shape index (κ2) is 9.20. The Morgan fingerprint density at radius 1 is 1.24 bits per heavy atom. The van der Waals surface area contributed by atoms with E-state index in [1.807, 2.05) is 0 Å². The molecule has 0 unspecified atom stereocenters. The number of benzene rings is 1. The smallest absolute Gasteiger partial charge is 0.326 e.